The highest BCUT2D eigenvalue weighted by Gasteiger charge is 2.17. The van der Waals surface area contributed by atoms with Crippen molar-refractivity contribution in [1.29, 1.82) is 0 Å². The summed E-state index contributed by atoms with van der Waals surface area (Å²) in [4.78, 5) is 12.0. The lowest BCUT2D eigenvalue weighted by Crippen LogP contribution is -2.34. The van der Waals surface area contributed by atoms with Gasteiger partial charge in [0.05, 0.1) is 11.4 Å². The van der Waals surface area contributed by atoms with E-state index in [1.165, 1.54) is 23.1 Å². The highest BCUT2D eigenvalue weighted by atomic mass is 32.2. The Balaban J connectivity index is 1.81. The molecule has 0 aliphatic carbocycles. The predicted molar refractivity (Wildman–Crippen MR) is 84.4 cm³/mol. The summed E-state index contributed by atoms with van der Waals surface area (Å²) >= 11 is 2.76. The third-order valence-corrected chi connectivity index (χ3v) is 4.83. The van der Waals surface area contributed by atoms with Gasteiger partial charge in [-0.05, 0) is 19.4 Å². The molecule has 21 heavy (non-hydrogen) atoms. The molecule has 2 rings (SSSR count). The molecule has 2 N–H and O–H groups in total. The minimum Gasteiger partial charge on any atom is -0.387 e. The molecule has 0 saturated heterocycles. The van der Waals surface area contributed by atoms with E-state index < -0.39 is 6.10 Å². The lowest BCUT2D eigenvalue weighted by molar-refractivity contribution is -0.120. The quantitative estimate of drug-likeness (QED) is 0.797. The van der Waals surface area contributed by atoms with Crippen LogP contribution in [0.3, 0.4) is 0 Å². The second kappa shape index (κ2) is 7.53. The molecule has 1 aromatic carbocycles. The van der Waals surface area contributed by atoms with Gasteiger partial charge in [0, 0.05) is 6.54 Å². The summed E-state index contributed by atoms with van der Waals surface area (Å²) in [6.45, 7) is 3.99. The van der Waals surface area contributed by atoms with Gasteiger partial charge in [-0.15, -0.1) is 10.2 Å². The normalized spacial score (nSPS) is 13.7. The minimum atomic E-state index is -0.701. The Bertz CT molecular complexity index is 572. The van der Waals surface area contributed by atoms with Gasteiger partial charge >= 0.3 is 0 Å². The molecule has 2 atom stereocenters. The fourth-order valence-corrected chi connectivity index (χ4v) is 3.32. The van der Waals surface area contributed by atoms with E-state index in [1.54, 1.807) is 12.4 Å². The Morgan fingerprint density at radius 1 is 1.43 bits per heavy atom. The average Bonchev–Trinajstić information content (AvgIpc) is 2.98. The zero-order chi connectivity index (χ0) is 15.2. The van der Waals surface area contributed by atoms with E-state index in [2.05, 4.69) is 15.5 Å². The van der Waals surface area contributed by atoms with Gasteiger partial charge in [0.2, 0.25) is 5.91 Å². The summed E-state index contributed by atoms with van der Waals surface area (Å²) in [6, 6.07) is 7.61. The maximum absolute atomic E-state index is 12.0. The Kier molecular flexibility index (Phi) is 5.72. The van der Waals surface area contributed by atoms with E-state index in [9.17, 15) is 9.90 Å². The van der Waals surface area contributed by atoms with Crippen LogP contribution in [0.4, 0.5) is 0 Å². The number of hydrogen-bond acceptors (Lipinski definition) is 6. The van der Waals surface area contributed by atoms with E-state index in [0.717, 1.165) is 15.5 Å². The average molecular weight is 323 g/mol. The maximum Gasteiger partial charge on any atom is 0.233 e. The zero-order valence-corrected chi connectivity index (χ0v) is 13.4. The smallest absolute Gasteiger partial charge is 0.233 e. The van der Waals surface area contributed by atoms with Crippen molar-refractivity contribution in [3.63, 3.8) is 0 Å². The SMILES string of the molecule is Cc1ccc([C@H](O)CNC(=O)[C@@H](C)Sc2nncs2)cc1. The van der Waals surface area contributed by atoms with Crippen molar-refractivity contribution in [1.82, 2.24) is 15.5 Å². The molecule has 1 amide bonds. The Morgan fingerprint density at radius 3 is 2.76 bits per heavy atom. The summed E-state index contributed by atoms with van der Waals surface area (Å²) < 4.78 is 0.761. The van der Waals surface area contributed by atoms with Crippen LogP contribution in [0.1, 0.15) is 24.2 Å². The number of hydrogen-bond donors (Lipinski definition) is 2. The Hall–Kier alpha value is -1.44. The molecule has 1 heterocycles. The number of nitrogens with one attached hydrogen (secondary N) is 1. The molecular formula is C14H17N3O2S2. The first-order chi connectivity index (χ1) is 10.1. The largest absolute Gasteiger partial charge is 0.387 e. The zero-order valence-electron chi connectivity index (χ0n) is 11.8. The number of aliphatic hydroxyl groups excluding tert-OH is 1. The molecule has 2 aromatic rings. The summed E-state index contributed by atoms with van der Waals surface area (Å²) in [5.41, 5.74) is 3.57. The van der Waals surface area contributed by atoms with E-state index in [4.69, 9.17) is 0 Å². The molecule has 0 radical (unpaired) electrons. The fourth-order valence-electron chi connectivity index (χ4n) is 1.67. The molecule has 1 aromatic heterocycles. The van der Waals surface area contributed by atoms with Gasteiger partial charge in [0.1, 0.15) is 5.51 Å². The van der Waals surface area contributed by atoms with Crippen molar-refractivity contribution in [2.24, 2.45) is 0 Å². The number of benzene rings is 1. The summed E-state index contributed by atoms with van der Waals surface area (Å²) in [7, 11) is 0. The van der Waals surface area contributed by atoms with Gasteiger partial charge in [-0.2, -0.15) is 0 Å². The molecule has 112 valence electrons. The van der Waals surface area contributed by atoms with E-state index in [-0.39, 0.29) is 17.7 Å². The van der Waals surface area contributed by atoms with Crippen LogP contribution in [-0.4, -0.2) is 33.0 Å². The van der Waals surface area contributed by atoms with Crippen LogP contribution in [0.25, 0.3) is 0 Å². The first kappa shape index (κ1) is 15.9. The van der Waals surface area contributed by atoms with Crippen molar-refractivity contribution < 1.29 is 9.90 Å². The number of amides is 1. The van der Waals surface area contributed by atoms with Crippen LogP contribution >= 0.6 is 23.1 Å². The predicted octanol–water partition coefficient (Wildman–Crippen LogP) is 2.18. The lowest BCUT2D eigenvalue weighted by Gasteiger charge is -2.14. The Morgan fingerprint density at radius 2 is 2.14 bits per heavy atom. The lowest BCUT2D eigenvalue weighted by atomic mass is 10.1. The van der Waals surface area contributed by atoms with E-state index >= 15 is 0 Å². The third kappa shape index (κ3) is 4.80. The van der Waals surface area contributed by atoms with Crippen molar-refractivity contribution in [3.8, 4) is 0 Å². The second-order valence-electron chi connectivity index (χ2n) is 4.64. The van der Waals surface area contributed by atoms with Gasteiger partial charge < -0.3 is 10.4 Å². The standard InChI is InChI=1S/C14H17N3O2S2/c1-9-3-5-11(6-4-9)12(18)7-15-13(19)10(2)21-14-17-16-8-20-14/h3-6,8,10,12,18H,7H2,1-2H3,(H,15,19)/t10-,12-/m1/s1. The number of aliphatic hydroxyl groups is 1. The summed E-state index contributed by atoms with van der Waals surface area (Å²) in [6.07, 6.45) is -0.701. The van der Waals surface area contributed by atoms with Gasteiger partial charge in [-0.3, -0.25) is 4.79 Å². The highest BCUT2D eigenvalue weighted by Crippen LogP contribution is 2.24. The van der Waals surface area contributed by atoms with Crippen molar-refractivity contribution in [2.75, 3.05) is 6.54 Å². The first-order valence-electron chi connectivity index (χ1n) is 6.51. The maximum atomic E-state index is 12.0. The molecule has 0 fully saturated rings. The van der Waals surface area contributed by atoms with Crippen molar-refractivity contribution in [2.45, 2.75) is 29.5 Å². The molecule has 0 spiro atoms. The van der Waals surface area contributed by atoms with Crippen molar-refractivity contribution >= 4 is 29.0 Å². The minimum absolute atomic E-state index is 0.124. The summed E-state index contributed by atoms with van der Waals surface area (Å²) in [5, 5.41) is 20.2. The second-order valence-corrected chi connectivity index (χ2v) is 7.06. The third-order valence-electron chi connectivity index (χ3n) is 2.92. The number of carbonyl (C=O) groups excluding carboxylic acids is 1. The number of aryl methyl sites for hydroxylation is 1. The molecule has 0 unspecified atom stereocenters. The number of thioether (sulfide) groups is 1. The molecule has 0 aliphatic heterocycles. The highest BCUT2D eigenvalue weighted by molar-refractivity contribution is 8.02. The van der Waals surface area contributed by atoms with Gasteiger partial charge in [0.15, 0.2) is 4.34 Å². The number of carbonyl (C=O) groups is 1. The van der Waals surface area contributed by atoms with Crippen LogP contribution in [0, 0.1) is 6.92 Å². The molecule has 0 saturated carbocycles. The van der Waals surface area contributed by atoms with Crippen LogP contribution in [0.5, 0.6) is 0 Å². The van der Waals surface area contributed by atoms with Crippen molar-refractivity contribution in [3.05, 3.63) is 40.9 Å². The molecular weight excluding hydrogens is 306 g/mol. The van der Waals surface area contributed by atoms with E-state index in [1.807, 2.05) is 31.2 Å². The number of aromatic nitrogens is 2. The molecule has 0 bridgehead atoms. The number of nitrogens with zero attached hydrogens (tertiary/aromatic N) is 2. The number of rotatable bonds is 6. The van der Waals surface area contributed by atoms with Crippen LogP contribution in [0.2, 0.25) is 0 Å². The van der Waals surface area contributed by atoms with Gasteiger partial charge in [-0.1, -0.05) is 52.9 Å². The fraction of sp³-hybridized carbons (Fsp3) is 0.357. The molecule has 0 aliphatic rings. The van der Waals surface area contributed by atoms with Crippen LogP contribution in [0.15, 0.2) is 34.1 Å². The molecule has 5 nitrogen and oxygen atoms in total. The van der Waals surface area contributed by atoms with Gasteiger partial charge in [-0.25, -0.2) is 0 Å². The molecule has 7 heteroatoms. The van der Waals surface area contributed by atoms with E-state index in [0.29, 0.717) is 0 Å². The topological polar surface area (TPSA) is 75.1 Å². The summed E-state index contributed by atoms with van der Waals surface area (Å²) in [5.74, 6) is -0.124. The van der Waals surface area contributed by atoms with Crippen LogP contribution < -0.4 is 5.32 Å². The Labute approximate surface area is 131 Å². The monoisotopic (exact) mass is 323 g/mol. The first-order valence-corrected chi connectivity index (χ1v) is 8.27. The van der Waals surface area contributed by atoms with Gasteiger partial charge in [0.25, 0.3) is 0 Å². The van der Waals surface area contributed by atoms with Crippen LogP contribution in [-0.2, 0) is 4.79 Å².